The van der Waals surface area contributed by atoms with E-state index in [-0.39, 0.29) is 24.8 Å². The summed E-state index contributed by atoms with van der Waals surface area (Å²) in [6.45, 7) is 3.75. The van der Waals surface area contributed by atoms with Crippen molar-refractivity contribution in [1.82, 2.24) is 19.9 Å². The predicted molar refractivity (Wildman–Crippen MR) is 148 cm³/mol. The summed E-state index contributed by atoms with van der Waals surface area (Å²) in [6, 6.07) is 4.52. The van der Waals surface area contributed by atoms with Crippen molar-refractivity contribution in [2.24, 2.45) is 0 Å². The van der Waals surface area contributed by atoms with Crippen molar-refractivity contribution in [3.8, 4) is 0 Å². The van der Waals surface area contributed by atoms with Gasteiger partial charge in [0.1, 0.15) is 11.6 Å². The van der Waals surface area contributed by atoms with Crippen LogP contribution in [0, 0.1) is 18.6 Å². The zero-order valence-electron chi connectivity index (χ0n) is 20.9. The fourth-order valence-electron chi connectivity index (χ4n) is 4.83. The molecule has 1 saturated carbocycles. The van der Waals surface area contributed by atoms with E-state index in [9.17, 15) is 8.78 Å². The van der Waals surface area contributed by atoms with Gasteiger partial charge in [-0.25, -0.2) is 28.7 Å². The fourth-order valence-corrected chi connectivity index (χ4v) is 4.83. The van der Waals surface area contributed by atoms with Crippen molar-refractivity contribution in [1.29, 1.82) is 0 Å². The molecule has 200 valence electrons. The van der Waals surface area contributed by atoms with Gasteiger partial charge in [-0.1, -0.05) is 0 Å². The monoisotopic (exact) mass is 552 g/mol. The second-order valence-corrected chi connectivity index (χ2v) is 9.30. The maximum absolute atomic E-state index is 13.7. The summed E-state index contributed by atoms with van der Waals surface area (Å²) in [5, 5.41) is 3.60. The van der Waals surface area contributed by atoms with Crippen LogP contribution < -0.4 is 10.2 Å². The van der Waals surface area contributed by atoms with Crippen LogP contribution in [0.4, 0.5) is 20.4 Å². The van der Waals surface area contributed by atoms with Crippen LogP contribution in [0.2, 0.25) is 0 Å². The summed E-state index contributed by atoms with van der Waals surface area (Å²) in [5.74, 6) is 0.402. The van der Waals surface area contributed by atoms with Crippen molar-refractivity contribution < 1.29 is 13.5 Å². The van der Waals surface area contributed by atoms with E-state index in [0.717, 1.165) is 75.4 Å². The third-order valence-electron chi connectivity index (χ3n) is 6.83. The number of nitrogens with one attached hydrogen (secondary N) is 1. The van der Waals surface area contributed by atoms with Gasteiger partial charge in [0.15, 0.2) is 17.5 Å². The maximum Gasteiger partial charge on any atom is 0.161 e. The Morgan fingerprint density at radius 2 is 1.54 bits per heavy atom. The first kappa shape index (κ1) is 28.9. The maximum atomic E-state index is 13.7. The van der Waals surface area contributed by atoms with E-state index in [0.29, 0.717) is 40.4 Å². The van der Waals surface area contributed by atoms with E-state index in [2.05, 4.69) is 20.2 Å². The summed E-state index contributed by atoms with van der Waals surface area (Å²) in [4.78, 5) is 20.7. The fraction of sp³-hybridized carbons (Fsp3) is 0.462. The van der Waals surface area contributed by atoms with Crippen molar-refractivity contribution in [3.05, 3.63) is 47.0 Å². The minimum Gasteiger partial charge on any atom is -0.381 e. The Kier molecular flexibility index (Phi) is 9.98. The molecule has 11 heteroatoms. The van der Waals surface area contributed by atoms with Crippen molar-refractivity contribution >= 4 is 59.6 Å². The molecule has 1 aliphatic heterocycles. The molecular weight excluding hydrogens is 521 g/mol. The van der Waals surface area contributed by atoms with Gasteiger partial charge in [0.25, 0.3) is 0 Å². The molecule has 1 N–H and O–H groups in total. The Morgan fingerprint density at radius 1 is 0.892 bits per heavy atom. The first-order chi connectivity index (χ1) is 17.0. The number of halogens is 4. The van der Waals surface area contributed by atoms with Crippen LogP contribution in [0.1, 0.15) is 55.7 Å². The SMILES string of the molecule is CO[C@H]1CC[C@H](Nc2cc(N3CCCC3)nc(/C=C/c3nc4cc(F)c(F)cc4nc3C)n2)CC1.Cl.Cl. The van der Waals surface area contributed by atoms with E-state index in [4.69, 9.17) is 14.7 Å². The second kappa shape index (κ2) is 12.8. The lowest BCUT2D eigenvalue weighted by molar-refractivity contribution is 0.0681. The number of fused-ring (bicyclic) bond motifs is 1. The van der Waals surface area contributed by atoms with Gasteiger partial charge in [0.05, 0.1) is 28.5 Å². The van der Waals surface area contributed by atoms with Gasteiger partial charge in [-0.2, -0.15) is 0 Å². The van der Waals surface area contributed by atoms with Crippen LogP contribution in [0.15, 0.2) is 18.2 Å². The van der Waals surface area contributed by atoms with E-state index >= 15 is 0 Å². The third kappa shape index (κ3) is 6.83. The van der Waals surface area contributed by atoms with E-state index < -0.39 is 11.6 Å². The molecule has 2 aliphatic rings. The molecule has 37 heavy (non-hydrogen) atoms. The second-order valence-electron chi connectivity index (χ2n) is 9.30. The molecule has 0 spiro atoms. The smallest absolute Gasteiger partial charge is 0.161 e. The average Bonchev–Trinajstić information content (AvgIpc) is 3.40. The molecular formula is C26H32Cl2F2N6O. The first-order valence-electron chi connectivity index (χ1n) is 12.2. The van der Waals surface area contributed by atoms with Gasteiger partial charge in [-0.05, 0) is 57.6 Å². The summed E-state index contributed by atoms with van der Waals surface area (Å²) in [6.07, 6.45) is 10.4. The highest BCUT2D eigenvalue weighted by Crippen LogP contribution is 2.26. The molecule has 3 heterocycles. The zero-order chi connectivity index (χ0) is 24.4. The lowest BCUT2D eigenvalue weighted by atomic mass is 9.93. The number of ether oxygens (including phenoxy) is 1. The molecule has 0 radical (unpaired) electrons. The number of benzene rings is 1. The van der Waals surface area contributed by atoms with Gasteiger partial charge in [0, 0.05) is 44.4 Å². The van der Waals surface area contributed by atoms with Gasteiger partial charge in [0.2, 0.25) is 0 Å². The number of anilines is 2. The van der Waals surface area contributed by atoms with Crippen molar-refractivity contribution in [2.45, 2.75) is 57.6 Å². The minimum absolute atomic E-state index is 0. The Labute approximate surface area is 228 Å². The van der Waals surface area contributed by atoms with Gasteiger partial charge in [-0.15, -0.1) is 24.8 Å². The molecule has 2 fully saturated rings. The molecule has 1 aromatic carbocycles. The lowest BCUT2D eigenvalue weighted by Gasteiger charge is -2.29. The minimum atomic E-state index is -0.942. The van der Waals surface area contributed by atoms with Crippen LogP contribution in [0.25, 0.3) is 23.2 Å². The normalized spacial score (nSPS) is 19.6. The number of aryl methyl sites for hydroxylation is 1. The van der Waals surface area contributed by atoms with E-state index in [1.807, 2.05) is 6.07 Å². The highest BCUT2D eigenvalue weighted by atomic mass is 35.5. The van der Waals surface area contributed by atoms with Gasteiger partial charge >= 0.3 is 0 Å². The predicted octanol–water partition coefficient (Wildman–Crippen LogP) is 5.99. The Bertz CT molecular complexity index is 1250. The molecule has 2 aromatic heterocycles. The van der Waals surface area contributed by atoms with Crippen LogP contribution in [-0.4, -0.2) is 52.3 Å². The number of nitrogens with zero attached hydrogens (tertiary/aromatic N) is 5. The quantitative estimate of drug-likeness (QED) is 0.402. The average molecular weight is 553 g/mol. The summed E-state index contributed by atoms with van der Waals surface area (Å²) in [7, 11) is 1.78. The molecule has 3 aromatic rings. The molecule has 7 nitrogen and oxygen atoms in total. The summed E-state index contributed by atoms with van der Waals surface area (Å²) >= 11 is 0. The Morgan fingerprint density at radius 3 is 2.19 bits per heavy atom. The van der Waals surface area contributed by atoms with Crippen LogP contribution in [0.3, 0.4) is 0 Å². The Hall–Kier alpha value is -2.62. The number of rotatable bonds is 6. The summed E-state index contributed by atoms with van der Waals surface area (Å²) in [5.41, 5.74) is 1.80. The highest BCUT2D eigenvalue weighted by Gasteiger charge is 2.22. The van der Waals surface area contributed by atoms with Crippen molar-refractivity contribution in [3.63, 3.8) is 0 Å². The molecule has 1 saturated heterocycles. The number of hydrogen-bond acceptors (Lipinski definition) is 7. The van der Waals surface area contributed by atoms with Crippen LogP contribution in [0.5, 0.6) is 0 Å². The molecule has 5 rings (SSSR count). The lowest BCUT2D eigenvalue weighted by Crippen LogP contribution is -2.30. The topological polar surface area (TPSA) is 76.1 Å². The van der Waals surface area contributed by atoms with E-state index in [1.165, 1.54) is 0 Å². The van der Waals surface area contributed by atoms with E-state index in [1.54, 1.807) is 26.2 Å². The van der Waals surface area contributed by atoms with Gasteiger partial charge < -0.3 is 15.0 Å². The molecule has 1 aliphatic carbocycles. The third-order valence-corrected chi connectivity index (χ3v) is 6.83. The standard InChI is InChI=1S/C26H30F2N6O.2ClH/c1-16-21(31-23-14-20(28)19(27)13-22(23)29-16)9-10-24-32-25(15-26(33-24)34-11-3-4-12-34)30-17-5-7-18(35-2)8-6-17;;/h9-10,13-15,17-18H,3-8,11-12H2,1-2H3,(H,30,32,33);2*1H/b10-9+;;/t17-,18-;;. The van der Waals surface area contributed by atoms with Crippen LogP contribution in [-0.2, 0) is 4.74 Å². The van der Waals surface area contributed by atoms with Gasteiger partial charge in [-0.3, -0.25) is 0 Å². The first-order valence-corrected chi connectivity index (χ1v) is 12.2. The number of aromatic nitrogens is 4. The van der Waals surface area contributed by atoms with Crippen LogP contribution >= 0.6 is 24.8 Å². The van der Waals surface area contributed by atoms with Crippen molar-refractivity contribution in [2.75, 3.05) is 30.4 Å². The Balaban J connectivity index is 0.00000190. The molecule has 0 bridgehead atoms. The summed E-state index contributed by atoms with van der Waals surface area (Å²) < 4.78 is 32.8. The number of methoxy groups -OCH3 is 1. The number of hydrogen-bond donors (Lipinski definition) is 1. The molecule has 0 atom stereocenters. The zero-order valence-corrected chi connectivity index (χ0v) is 22.5. The highest BCUT2D eigenvalue weighted by molar-refractivity contribution is 5.85. The molecule has 0 amide bonds. The largest absolute Gasteiger partial charge is 0.381 e. The molecule has 0 unspecified atom stereocenters.